The average molecular weight is 478 g/mol. The van der Waals surface area contributed by atoms with Gasteiger partial charge in [-0.25, -0.2) is 0 Å². The van der Waals surface area contributed by atoms with Gasteiger partial charge in [-0.2, -0.15) is 0 Å². The number of hydrogen-bond donors (Lipinski definition) is 1. The van der Waals surface area contributed by atoms with Gasteiger partial charge in [-0.05, 0) is 66.0 Å². The molecule has 5 heteroatoms. The third-order valence-electron chi connectivity index (χ3n) is 7.44. The lowest BCUT2D eigenvalue weighted by Gasteiger charge is -2.29. The number of carboxylic acids is 1. The molecular weight excluding hydrogens is 438 g/mol. The van der Waals surface area contributed by atoms with E-state index < -0.39 is 5.97 Å². The van der Waals surface area contributed by atoms with Gasteiger partial charge < -0.3 is 14.7 Å². The third-order valence-corrected chi connectivity index (χ3v) is 7.44. The molecule has 4 rings (SSSR count). The number of aliphatic carboxylic acids is 1. The SMILES string of the molecule is CC(C)(C)c1ccc(C[C@@]2(C)Cc3cc(C(=O)N(CC(=O)O)CC4CCCCC4)ccc3O2)cc1. The van der Waals surface area contributed by atoms with E-state index in [2.05, 4.69) is 52.0 Å². The summed E-state index contributed by atoms with van der Waals surface area (Å²) >= 11 is 0. The first-order valence-electron chi connectivity index (χ1n) is 12.9. The number of carbonyl (C=O) groups excluding carboxylic acids is 1. The highest BCUT2D eigenvalue weighted by molar-refractivity contribution is 5.96. The van der Waals surface area contributed by atoms with Gasteiger partial charge in [0.25, 0.3) is 5.91 Å². The fraction of sp³-hybridized carbons (Fsp3) is 0.533. The molecule has 1 saturated carbocycles. The van der Waals surface area contributed by atoms with Crippen molar-refractivity contribution in [2.24, 2.45) is 5.92 Å². The van der Waals surface area contributed by atoms with Gasteiger partial charge in [0, 0.05) is 24.9 Å². The van der Waals surface area contributed by atoms with E-state index in [9.17, 15) is 14.7 Å². The first kappa shape index (κ1) is 25.3. The fourth-order valence-corrected chi connectivity index (χ4v) is 5.55. The van der Waals surface area contributed by atoms with Gasteiger partial charge in [-0.15, -0.1) is 0 Å². The number of nitrogens with zero attached hydrogens (tertiary/aromatic N) is 1. The van der Waals surface area contributed by atoms with Crippen LogP contribution in [0.1, 0.15) is 86.8 Å². The molecule has 1 fully saturated rings. The topological polar surface area (TPSA) is 66.8 Å². The molecule has 1 N–H and O–H groups in total. The molecule has 0 bridgehead atoms. The standard InChI is InChI=1S/C30H39NO4/c1-29(2,3)25-13-10-21(11-14-25)17-30(4)18-24-16-23(12-15-26(24)35-30)28(34)31(20-27(32)33)19-22-8-6-5-7-9-22/h10-16,22H,5-9,17-20H2,1-4H3,(H,32,33)/t30-/m0/s1. The molecule has 2 aromatic carbocycles. The first-order valence-corrected chi connectivity index (χ1v) is 12.9. The number of fused-ring (bicyclic) bond motifs is 1. The predicted octanol–water partition coefficient (Wildman–Crippen LogP) is 6.03. The van der Waals surface area contributed by atoms with E-state index in [0.29, 0.717) is 24.4 Å². The number of benzene rings is 2. The molecule has 0 radical (unpaired) electrons. The summed E-state index contributed by atoms with van der Waals surface area (Å²) < 4.78 is 6.36. The lowest BCUT2D eigenvalue weighted by atomic mass is 9.85. The summed E-state index contributed by atoms with van der Waals surface area (Å²) in [6.07, 6.45) is 7.18. The van der Waals surface area contributed by atoms with Crippen LogP contribution in [-0.2, 0) is 23.1 Å². The van der Waals surface area contributed by atoms with E-state index in [1.54, 1.807) is 6.07 Å². The Balaban J connectivity index is 1.46. The maximum atomic E-state index is 13.3. The molecule has 5 nitrogen and oxygen atoms in total. The molecule has 35 heavy (non-hydrogen) atoms. The molecule has 2 aromatic rings. The van der Waals surface area contributed by atoms with Crippen molar-refractivity contribution >= 4 is 11.9 Å². The van der Waals surface area contributed by atoms with E-state index in [1.807, 2.05) is 12.1 Å². The Morgan fingerprint density at radius 3 is 2.37 bits per heavy atom. The zero-order valence-electron chi connectivity index (χ0n) is 21.6. The molecule has 0 unspecified atom stereocenters. The van der Waals surface area contributed by atoms with Crippen molar-refractivity contribution in [2.75, 3.05) is 13.1 Å². The Bertz CT molecular complexity index is 1060. The van der Waals surface area contributed by atoms with Crippen molar-refractivity contribution in [3.8, 4) is 5.75 Å². The second-order valence-corrected chi connectivity index (χ2v) is 11.8. The van der Waals surface area contributed by atoms with Gasteiger partial charge in [-0.1, -0.05) is 64.3 Å². The van der Waals surface area contributed by atoms with Crippen LogP contribution in [0.2, 0.25) is 0 Å². The molecule has 0 spiro atoms. The Morgan fingerprint density at radius 1 is 1.06 bits per heavy atom. The molecule has 2 aliphatic rings. The summed E-state index contributed by atoms with van der Waals surface area (Å²) in [5, 5.41) is 9.42. The molecule has 1 aliphatic heterocycles. The van der Waals surface area contributed by atoms with Crippen LogP contribution >= 0.6 is 0 Å². The van der Waals surface area contributed by atoms with E-state index in [4.69, 9.17) is 4.74 Å². The van der Waals surface area contributed by atoms with Crippen LogP contribution in [0.25, 0.3) is 0 Å². The van der Waals surface area contributed by atoms with Crippen LogP contribution in [0.4, 0.5) is 0 Å². The second kappa shape index (κ2) is 10.0. The largest absolute Gasteiger partial charge is 0.487 e. The highest BCUT2D eigenvalue weighted by atomic mass is 16.5. The molecule has 0 saturated heterocycles. The maximum absolute atomic E-state index is 13.3. The molecule has 0 aromatic heterocycles. The molecule has 1 aliphatic carbocycles. The first-order chi connectivity index (χ1) is 16.5. The van der Waals surface area contributed by atoms with Gasteiger partial charge in [0.1, 0.15) is 17.9 Å². The Kier molecular flexibility index (Phi) is 7.25. The fourth-order valence-electron chi connectivity index (χ4n) is 5.55. The summed E-state index contributed by atoms with van der Waals surface area (Å²) in [4.78, 5) is 26.4. The van der Waals surface area contributed by atoms with Crippen molar-refractivity contribution in [3.63, 3.8) is 0 Å². The van der Waals surface area contributed by atoms with Crippen LogP contribution in [0.5, 0.6) is 5.75 Å². The number of carboxylic acid groups (broad SMARTS) is 1. The zero-order valence-corrected chi connectivity index (χ0v) is 21.6. The van der Waals surface area contributed by atoms with Gasteiger partial charge in [0.2, 0.25) is 0 Å². The predicted molar refractivity (Wildman–Crippen MR) is 138 cm³/mol. The summed E-state index contributed by atoms with van der Waals surface area (Å²) in [6, 6.07) is 14.3. The van der Waals surface area contributed by atoms with Gasteiger partial charge >= 0.3 is 5.97 Å². The minimum Gasteiger partial charge on any atom is -0.487 e. The normalized spacial score (nSPS) is 20.2. The zero-order chi connectivity index (χ0) is 25.2. The number of ether oxygens (including phenoxy) is 1. The summed E-state index contributed by atoms with van der Waals surface area (Å²) in [6.45, 7) is 9.02. The van der Waals surface area contributed by atoms with E-state index >= 15 is 0 Å². The Hall–Kier alpha value is -2.82. The lowest BCUT2D eigenvalue weighted by molar-refractivity contribution is -0.137. The molecule has 1 atom stereocenters. The minimum absolute atomic E-state index is 0.122. The van der Waals surface area contributed by atoms with Crippen molar-refractivity contribution in [1.29, 1.82) is 0 Å². The maximum Gasteiger partial charge on any atom is 0.323 e. The lowest BCUT2D eigenvalue weighted by Crippen LogP contribution is -2.39. The van der Waals surface area contributed by atoms with Crippen LogP contribution in [0, 0.1) is 5.92 Å². The quantitative estimate of drug-likeness (QED) is 0.529. The van der Waals surface area contributed by atoms with Crippen LogP contribution in [0.15, 0.2) is 42.5 Å². The smallest absolute Gasteiger partial charge is 0.323 e. The van der Waals surface area contributed by atoms with Gasteiger partial charge in [0.15, 0.2) is 0 Å². The number of hydrogen-bond acceptors (Lipinski definition) is 3. The molecule has 1 amide bonds. The van der Waals surface area contributed by atoms with Crippen molar-refractivity contribution in [2.45, 2.75) is 83.7 Å². The van der Waals surface area contributed by atoms with E-state index in [1.165, 1.54) is 22.4 Å². The summed E-state index contributed by atoms with van der Waals surface area (Å²) in [5.41, 5.74) is 3.84. The highest BCUT2D eigenvalue weighted by Gasteiger charge is 2.36. The monoisotopic (exact) mass is 477 g/mol. The summed E-state index contributed by atoms with van der Waals surface area (Å²) in [7, 11) is 0. The average Bonchev–Trinajstić information content (AvgIpc) is 3.13. The van der Waals surface area contributed by atoms with Crippen LogP contribution in [-0.4, -0.2) is 40.6 Å². The van der Waals surface area contributed by atoms with Gasteiger partial charge in [0.05, 0.1) is 0 Å². The number of rotatable bonds is 7. The van der Waals surface area contributed by atoms with Crippen molar-refractivity contribution in [3.05, 3.63) is 64.7 Å². The molecule has 1 heterocycles. The van der Waals surface area contributed by atoms with Crippen LogP contribution in [0.3, 0.4) is 0 Å². The number of amides is 1. The highest BCUT2D eigenvalue weighted by Crippen LogP contribution is 2.38. The Morgan fingerprint density at radius 2 is 1.74 bits per heavy atom. The van der Waals surface area contributed by atoms with Gasteiger partial charge in [-0.3, -0.25) is 9.59 Å². The van der Waals surface area contributed by atoms with Crippen LogP contribution < -0.4 is 4.74 Å². The van der Waals surface area contributed by atoms with Crippen molar-refractivity contribution < 1.29 is 19.4 Å². The van der Waals surface area contributed by atoms with Crippen molar-refractivity contribution in [1.82, 2.24) is 4.90 Å². The third kappa shape index (κ3) is 6.25. The molecule has 188 valence electrons. The second-order valence-electron chi connectivity index (χ2n) is 11.8. The minimum atomic E-state index is -0.969. The summed E-state index contributed by atoms with van der Waals surface area (Å²) in [5.74, 6) is 0.0288. The van der Waals surface area contributed by atoms with E-state index in [-0.39, 0.29) is 23.5 Å². The number of carbonyl (C=O) groups is 2. The molecular formula is C30H39NO4. The Labute approximate surface area is 209 Å². The van der Waals surface area contributed by atoms with E-state index in [0.717, 1.165) is 43.4 Å².